The number of piperazine rings is 1. The summed E-state index contributed by atoms with van der Waals surface area (Å²) in [6.45, 7) is 0.702. The lowest BCUT2D eigenvalue weighted by atomic mass is 10.0. The number of amides is 3. The van der Waals surface area contributed by atoms with Crippen LogP contribution in [0.25, 0.3) is 0 Å². The van der Waals surface area contributed by atoms with E-state index < -0.39 is 17.8 Å². The van der Waals surface area contributed by atoms with E-state index in [4.69, 9.17) is 0 Å². The van der Waals surface area contributed by atoms with Crippen molar-refractivity contribution in [3.05, 3.63) is 83.9 Å². The minimum atomic E-state index is -0.625. The highest BCUT2D eigenvalue weighted by Crippen LogP contribution is 2.15. The molecule has 1 fully saturated rings. The first-order valence-corrected chi connectivity index (χ1v) is 10.2. The van der Waals surface area contributed by atoms with Gasteiger partial charge in [-0.1, -0.05) is 42.5 Å². The van der Waals surface area contributed by atoms with E-state index in [0.29, 0.717) is 25.2 Å². The molecule has 2 heterocycles. The van der Waals surface area contributed by atoms with Gasteiger partial charge in [-0.15, -0.1) is 0 Å². The smallest absolute Gasteiger partial charge is 0.258 e. The predicted molar refractivity (Wildman–Crippen MR) is 115 cm³/mol. The summed E-state index contributed by atoms with van der Waals surface area (Å²) in [5, 5.41) is 9.49. The zero-order chi connectivity index (χ0) is 22.5. The van der Waals surface area contributed by atoms with Crippen molar-refractivity contribution in [2.45, 2.75) is 19.0 Å². The fourth-order valence-corrected chi connectivity index (χ4v) is 3.64. The Morgan fingerprint density at radius 2 is 1.88 bits per heavy atom. The second-order valence-corrected chi connectivity index (χ2v) is 7.44. The summed E-state index contributed by atoms with van der Waals surface area (Å²) in [4.78, 5) is 39.2. The number of aromatic nitrogens is 2. The summed E-state index contributed by atoms with van der Waals surface area (Å²) in [6, 6.07) is 14.6. The average Bonchev–Trinajstić information content (AvgIpc) is 3.22. The van der Waals surface area contributed by atoms with E-state index in [1.165, 1.54) is 35.3 Å². The van der Waals surface area contributed by atoms with Crippen LogP contribution in [0.15, 0.2) is 67.0 Å². The minimum Gasteiger partial charge on any atom is -0.353 e. The van der Waals surface area contributed by atoms with Crippen LogP contribution in [0.1, 0.15) is 15.9 Å². The molecular weight excluding hydrogens is 413 g/mol. The molecule has 1 saturated heterocycles. The standard InChI is InChI=1S/C23H22FN5O3/c24-19-9-5-4-8-18(19)22(31)27-17-13-26-28(14-17)15-21(30)29-11-10-25-23(32)20(29)12-16-6-2-1-3-7-16/h1-9,13-14,20H,10-12,15H2,(H,25,32)(H,27,31)/t20-/m0/s1. The molecule has 1 aliphatic heterocycles. The molecule has 2 N–H and O–H groups in total. The van der Waals surface area contributed by atoms with Crippen LogP contribution in [-0.2, 0) is 22.6 Å². The van der Waals surface area contributed by atoms with Gasteiger partial charge in [-0.3, -0.25) is 19.1 Å². The number of benzene rings is 2. The van der Waals surface area contributed by atoms with Gasteiger partial charge in [-0.25, -0.2) is 4.39 Å². The van der Waals surface area contributed by atoms with E-state index in [0.717, 1.165) is 5.56 Å². The quantitative estimate of drug-likeness (QED) is 0.618. The van der Waals surface area contributed by atoms with E-state index in [2.05, 4.69) is 15.7 Å². The van der Waals surface area contributed by atoms with Crippen molar-refractivity contribution in [2.24, 2.45) is 0 Å². The van der Waals surface area contributed by atoms with Crippen molar-refractivity contribution in [3.8, 4) is 0 Å². The minimum absolute atomic E-state index is 0.0839. The number of hydrogen-bond acceptors (Lipinski definition) is 4. The maximum atomic E-state index is 13.8. The monoisotopic (exact) mass is 435 g/mol. The van der Waals surface area contributed by atoms with Gasteiger partial charge in [0, 0.05) is 25.7 Å². The Labute approximate surface area is 184 Å². The Bertz CT molecular complexity index is 1130. The molecule has 8 nitrogen and oxygen atoms in total. The fraction of sp³-hybridized carbons (Fsp3) is 0.217. The van der Waals surface area contributed by atoms with Gasteiger partial charge in [0.2, 0.25) is 11.8 Å². The van der Waals surface area contributed by atoms with Gasteiger partial charge in [-0.2, -0.15) is 5.10 Å². The van der Waals surface area contributed by atoms with Gasteiger partial charge in [0.1, 0.15) is 18.4 Å². The van der Waals surface area contributed by atoms with E-state index in [1.54, 1.807) is 11.0 Å². The molecule has 164 valence electrons. The van der Waals surface area contributed by atoms with E-state index in [9.17, 15) is 18.8 Å². The molecule has 32 heavy (non-hydrogen) atoms. The number of hydrogen-bond donors (Lipinski definition) is 2. The summed E-state index contributed by atoms with van der Waals surface area (Å²) in [5.41, 5.74) is 1.22. The summed E-state index contributed by atoms with van der Waals surface area (Å²) >= 11 is 0. The molecule has 0 spiro atoms. The molecule has 3 amide bonds. The molecule has 9 heteroatoms. The van der Waals surface area contributed by atoms with Crippen molar-refractivity contribution in [1.82, 2.24) is 20.0 Å². The third-order valence-electron chi connectivity index (χ3n) is 5.23. The van der Waals surface area contributed by atoms with Gasteiger partial charge in [0.25, 0.3) is 5.91 Å². The molecule has 1 aliphatic rings. The third kappa shape index (κ3) is 4.83. The van der Waals surface area contributed by atoms with Crippen molar-refractivity contribution < 1.29 is 18.8 Å². The summed E-state index contributed by atoms with van der Waals surface area (Å²) in [5.74, 6) is -1.67. The third-order valence-corrected chi connectivity index (χ3v) is 5.23. The van der Waals surface area contributed by atoms with Crippen LogP contribution in [0.4, 0.5) is 10.1 Å². The van der Waals surface area contributed by atoms with Gasteiger partial charge < -0.3 is 15.5 Å². The Hall–Kier alpha value is -4.01. The molecule has 3 aromatic rings. The Morgan fingerprint density at radius 3 is 2.66 bits per heavy atom. The number of carbonyl (C=O) groups is 3. The van der Waals surface area contributed by atoms with E-state index in [1.807, 2.05) is 30.3 Å². The first kappa shape index (κ1) is 21.2. The highest BCUT2D eigenvalue weighted by Gasteiger charge is 2.33. The molecule has 0 aliphatic carbocycles. The number of nitrogens with one attached hydrogen (secondary N) is 2. The predicted octanol–water partition coefficient (Wildman–Crippen LogP) is 1.84. The molecule has 0 radical (unpaired) electrons. The Balaban J connectivity index is 1.42. The van der Waals surface area contributed by atoms with E-state index >= 15 is 0 Å². The number of anilines is 1. The fourth-order valence-electron chi connectivity index (χ4n) is 3.64. The van der Waals surface area contributed by atoms with Crippen molar-refractivity contribution >= 4 is 23.4 Å². The lowest BCUT2D eigenvalue weighted by Crippen LogP contribution is -2.58. The first-order chi connectivity index (χ1) is 15.5. The molecule has 1 atom stereocenters. The average molecular weight is 435 g/mol. The number of rotatable bonds is 6. The summed E-state index contributed by atoms with van der Waals surface area (Å²) < 4.78 is 15.2. The van der Waals surface area contributed by atoms with Crippen molar-refractivity contribution in [2.75, 3.05) is 18.4 Å². The molecule has 1 aromatic heterocycles. The number of carbonyl (C=O) groups excluding carboxylic acids is 3. The van der Waals surface area contributed by atoms with Crippen LogP contribution in [0.3, 0.4) is 0 Å². The van der Waals surface area contributed by atoms with Gasteiger partial charge in [0.05, 0.1) is 17.4 Å². The van der Waals surface area contributed by atoms with Crippen molar-refractivity contribution in [1.29, 1.82) is 0 Å². The lowest BCUT2D eigenvalue weighted by molar-refractivity contribution is -0.143. The molecule has 0 bridgehead atoms. The lowest BCUT2D eigenvalue weighted by Gasteiger charge is -2.35. The summed E-state index contributed by atoms with van der Waals surface area (Å²) in [6.07, 6.45) is 3.30. The highest BCUT2D eigenvalue weighted by molar-refractivity contribution is 6.04. The van der Waals surface area contributed by atoms with Gasteiger partial charge >= 0.3 is 0 Å². The summed E-state index contributed by atoms with van der Waals surface area (Å²) in [7, 11) is 0. The van der Waals surface area contributed by atoms with Crippen LogP contribution in [0, 0.1) is 5.82 Å². The van der Waals surface area contributed by atoms with Crippen LogP contribution in [0.2, 0.25) is 0 Å². The molecule has 0 saturated carbocycles. The van der Waals surface area contributed by atoms with Crippen LogP contribution in [0.5, 0.6) is 0 Å². The first-order valence-electron chi connectivity index (χ1n) is 10.2. The maximum absolute atomic E-state index is 13.8. The van der Waals surface area contributed by atoms with Crippen LogP contribution < -0.4 is 10.6 Å². The highest BCUT2D eigenvalue weighted by atomic mass is 19.1. The van der Waals surface area contributed by atoms with Gasteiger partial charge in [-0.05, 0) is 17.7 Å². The molecule has 0 unspecified atom stereocenters. The zero-order valence-electron chi connectivity index (χ0n) is 17.2. The van der Waals surface area contributed by atoms with Crippen LogP contribution >= 0.6 is 0 Å². The van der Waals surface area contributed by atoms with Gasteiger partial charge in [0.15, 0.2) is 0 Å². The van der Waals surface area contributed by atoms with Crippen molar-refractivity contribution in [3.63, 3.8) is 0 Å². The number of nitrogens with zero attached hydrogens (tertiary/aromatic N) is 3. The normalized spacial score (nSPS) is 15.8. The number of halogens is 1. The largest absolute Gasteiger partial charge is 0.353 e. The van der Waals surface area contributed by atoms with E-state index in [-0.39, 0.29) is 23.9 Å². The maximum Gasteiger partial charge on any atom is 0.258 e. The molecular formula is C23H22FN5O3. The Kier molecular flexibility index (Phi) is 6.25. The second kappa shape index (κ2) is 9.42. The molecule has 2 aromatic carbocycles. The second-order valence-electron chi connectivity index (χ2n) is 7.44. The Morgan fingerprint density at radius 1 is 1.12 bits per heavy atom. The molecule has 4 rings (SSSR count). The topological polar surface area (TPSA) is 96.3 Å². The van der Waals surface area contributed by atoms with Crippen LogP contribution in [-0.4, -0.2) is 51.5 Å². The SMILES string of the molecule is O=C(Nc1cnn(CC(=O)N2CCNC(=O)[C@@H]2Cc2ccccc2)c1)c1ccccc1F. The zero-order valence-corrected chi connectivity index (χ0v) is 17.2.